The molecule has 5 heterocycles. The monoisotopic (exact) mass is 389 g/mol. The van der Waals surface area contributed by atoms with E-state index in [2.05, 4.69) is 36.7 Å². The molecule has 0 aromatic carbocycles. The molecule has 0 amide bonds. The molecular formula is C25H47N3. The summed E-state index contributed by atoms with van der Waals surface area (Å²) >= 11 is 0. The smallest absolute Gasteiger partial charge is 0.000550 e. The van der Waals surface area contributed by atoms with Crippen molar-refractivity contribution in [1.29, 1.82) is 0 Å². The fraction of sp³-hybridized carbons (Fsp3) is 1.00. The molecule has 8 fully saturated rings. The molecule has 162 valence electrons. The van der Waals surface area contributed by atoms with Crippen molar-refractivity contribution < 1.29 is 0 Å². The molecule has 3 heteroatoms. The van der Waals surface area contributed by atoms with Crippen LogP contribution in [0.1, 0.15) is 72.1 Å². The van der Waals surface area contributed by atoms with Crippen LogP contribution in [0.5, 0.6) is 0 Å². The first kappa shape index (κ1) is 21.1. The maximum absolute atomic E-state index is 3.52. The number of rotatable bonds is 0. The quantitative estimate of drug-likeness (QED) is 0.578. The van der Waals surface area contributed by atoms with Crippen molar-refractivity contribution in [3.05, 3.63) is 0 Å². The Kier molecular flexibility index (Phi) is 7.05. The molecule has 3 atom stereocenters. The average molecular weight is 390 g/mol. The first-order valence-corrected chi connectivity index (χ1v) is 12.6. The molecule has 0 aromatic rings. The molecule has 6 bridgehead atoms. The summed E-state index contributed by atoms with van der Waals surface area (Å²) in [6.45, 7) is 14.8. The first-order valence-electron chi connectivity index (χ1n) is 12.6. The van der Waals surface area contributed by atoms with E-state index in [4.69, 9.17) is 0 Å². The lowest BCUT2D eigenvalue weighted by Gasteiger charge is -2.50. The van der Waals surface area contributed by atoms with Gasteiger partial charge in [-0.1, -0.05) is 20.8 Å². The van der Waals surface area contributed by atoms with E-state index in [0.717, 1.165) is 41.4 Å². The molecule has 5 aliphatic heterocycles. The standard InChI is InChI=1S/2C9H17N.C7H13N/c1-7-2-8-3-9(4-8)6-10-5-7;1-7-2-8-4-9(3-7)6-10-5-8;1-7-2-6(3-7)4-8-5-7/h2*7-10H,2-6H2,1H3;6,8H,2-5H2,1H3. The molecule has 0 spiro atoms. The Balaban J connectivity index is 0.000000104. The highest BCUT2D eigenvalue weighted by Crippen LogP contribution is 2.46. The normalized spacial score (nSPS) is 48.8. The van der Waals surface area contributed by atoms with Crippen LogP contribution in [0.25, 0.3) is 0 Å². The minimum atomic E-state index is 0.711. The van der Waals surface area contributed by atoms with Crippen LogP contribution in [0.15, 0.2) is 0 Å². The van der Waals surface area contributed by atoms with Gasteiger partial charge in [0.25, 0.3) is 0 Å². The number of hydrogen-bond acceptors (Lipinski definition) is 3. The van der Waals surface area contributed by atoms with E-state index in [1.165, 1.54) is 90.6 Å². The number of hydrogen-bond donors (Lipinski definition) is 3. The Morgan fingerprint density at radius 1 is 0.536 bits per heavy atom. The number of nitrogens with one attached hydrogen (secondary N) is 3. The van der Waals surface area contributed by atoms with E-state index in [9.17, 15) is 0 Å². The maximum Gasteiger partial charge on any atom is 0.000550 e. The maximum atomic E-state index is 3.52. The SMILES string of the molecule is CC12CNCC(C1)C2.CC1CC2CNCC(C1)C2.CC1CNCC2CC(C1)C2. The molecular weight excluding hydrogens is 342 g/mol. The van der Waals surface area contributed by atoms with Gasteiger partial charge < -0.3 is 16.0 Å². The predicted octanol–water partition coefficient (Wildman–Crippen LogP) is 4.29. The van der Waals surface area contributed by atoms with Crippen molar-refractivity contribution >= 4 is 0 Å². The highest BCUT2D eigenvalue weighted by Gasteiger charge is 2.42. The molecule has 28 heavy (non-hydrogen) atoms. The van der Waals surface area contributed by atoms with Gasteiger partial charge in [-0.25, -0.2) is 0 Å². The van der Waals surface area contributed by atoms with E-state index < -0.39 is 0 Å². The Morgan fingerprint density at radius 2 is 1.04 bits per heavy atom. The van der Waals surface area contributed by atoms with Crippen molar-refractivity contribution in [2.45, 2.75) is 72.1 Å². The van der Waals surface area contributed by atoms with E-state index in [1.54, 1.807) is 0 Å². The second-order valence-corrected chi connectivity index (χ2v) is 12.1. The van der Waals surface area contributed by atoms with Crippen LogP contribution in [0.2, 0.25) is 0 Å². The fourth-order valence-corrected chi connectivity index (χ4v) is 7.34. The summed E-state index contributed by atoms with van der Waals surface area (Å²) in [6, 6.07) is 0. The highest BCUT2D eigenvalue weighted by molar-refractivity contribution is 4.96. The summed E-state index contributed by atoms with van der Waals surface area (Å²) in [5.41, 5.74) is 0.711. The van der Waals surface area contributed by atoms with E-state index >= 15 is 0 Å². The fourth-order valence-electron chi connectivity index (χ4n) is 7.34. The molecule has 0 radical (unpaired) electrons. The molecule has 5 saturated heterocycles. The molecule has 3 saturated carbocycles. The van der Waals surface area contributed by atoms with Gasteiger partial charge in [0.2, 0.25) is 0 Å². The summed E-state index contributed by atoms with van der Waals surface area (Å²) in [5.74, 6) is 7.13. The third kappa shape index (κ3) is 5.73. The lowest BCUT2D eigenvalue weighted by Crippen LogP contribution is -2.52. The third-order valence-corrected chi connectivity index (χ3v) is 8.55. The molecule has 0 aromatic heterocycles. The summed E-state index contributed by atoms with van der Waals surface area (Å²) in [7, 11) is 0. The zero-order valence-electron chi connectivity index (χ0n) is 18.9. The van der Waals surface area contributed by atoms with Gasteiger partial charge in [0.15, 0.2) is 0 Å². The van der Waals surface area contributed by atoms with Gasteiger partial charge in [-0.15, -0.1) is 0 Å². The summed E-state index contributed by atoms with van der Waals surface area (Å²) < 4.78 is 0. The molecule has 3 unspecified atom stereocenters. The summed E-state index contributed by atoms with van der Waals surface area (Å²) in [4.78, 5) is 0. The van der Waals surface area contributed by atoms with E-state index in [1.807, 2.05) is 0 Å². The first-order chi connectivity index (χ1) is 13.5. The molecule has 8 aliphatic rings. The zero-order chi connectivity index (χ0) is 19.6. The van der Waals surface area contributed by atoms with Gasteiger partial charge in [-0.3, -0.25) is 0 Å². The van der Waals surface area contributed by atoms with Crippen LogP contribution in [0.3, 0.4) is 0 Å². The van der Waals surface area contributed by atoms with E-state index in [0.29, 0.717) is 5.41 Å². The van der Waals surface area contributed by atoms with Crippen LogP contribution in [-0.4, -0.2) is 39.3 Å². The van der Waals surface area contributed by atoms with Crippen LogP contribution in [0.4, 0.5) is 0 Å². The van der Waals surface area contributed by atoms with Crippen molar-refractivity contribution in [2.24, 2.45) is 46.8 Å². The Bertz CT molecular complexity index is 450. The van der Waals surface area contributed by atoms with Gasteiger partial charge in [-0.05, 0) is 131 Å². The van der Waals surface area contributed by atoms with Crippen LogP contribution in [-0.2, 0) is 0 Å². The Hall–Kier alpha value is -0.120. The van der Waals surface area contributed by atoms with Gasteiger partial charge in [-0.2, -0.15) is 0 Å². The third-order valence-electron chi connectivity index (χ3n) is 8.55. The Labute approximate surface area is 174 Å². The molecule has 3 nitrogen and oxygen atoms in total. The van der Waals surface area contributed by atoms with Crippen molar-refractivity contribution in [1.82, 2.24) is 16.0 Å². The van der Waals surface area contributed by atoms with Gasteiger partial charge in [0, 0.05) is 6.54 Å². The van der Waals surface area contributed by atoms with Crippen LogP contribution >= 0.6 is 0 Å². The second kappa shape index (κ2) is 9.35. The second-order valence-electron chi connectivity index (χ2n) is 12.1. The van der Waals surface area contributed by atoms with Gasteiger partial charge in [0.1, 0.15) is 0 Å². The van der Waals surface area contributed by atoms with Crippen molar-refractivity contribution in [3.63, 3.8) is 0 Å². The highest BCUT2D eigenvalue weighted by atomic mass is 14.9. The van der Waals surface area contributed by atoms with Gasteiger partial charge >= 0.3 is 0 Å². The lowest BCUT2D eigenvalue weighted by atomic mass is 9.61. The number of piperidine rings is 3. The summed E-state index contributed by atoms with van der Waals surface area (Å²) in [5, 5.41) is 10.5. The minimum absolute atomic E-state index is 0.711. The van der Waals surface area contributed by atoms with Crippen LogP contribution in [0, 0.1) is 46.8 Å². The minimum Gasteiger partial charge on any atom is -0.316 e. The Morgan fingerprint density at radius 3 is 1.57 bits per heavy atom. The molecule has 8 rings (SSSR count). The average Bonchev–Trinajstić information content (AvgIpc) is 2.57. The van der Waals surface area contributed by atoms with E-state index in [-0.39, 0.29) is 0 Å². The van der Waals surface area contributed by atoms with Gasteiger partial charge in [0.05, 0.1) is 0 Å². The lowest BCUT2D eigenvalue weighted by molar-refractivity contribution is 0.0326. The number of fused-ring (bicyclic) bond motifs is 8. The topological polar surface area (TPSA) is 36.1 Å². The predicted molar refractivity (Wildman–Crippen MR) is 119 cm³/mol. The zero-order valence-corrected chi connectivity index (χ0v) is 18.9. The molecule has 3 N–H and O–H groups in total. The largest absolute Gasteiger partial charge is 0.316 e. The molecule has 3 aliphatic carbocycles. The van der Waals surface area contributed by atoms with Crippen molar-refractivity contribution in [3.8, 4) is 0 Å². The summed E-state index contributed by atoms with van der Waals surface area (Å²) in [6.07, 6.45) is 11.9. The van der Waals surface area contributed by atoms with Crippen molar-refractivity contribution in [2.75, 3.05) is 39.3 Å². The van der Waals surface area contributed by atoms with Crippen LogP contribution < -0.4 is 16.0 Å².